The molecule has 170 valence electrons. The molecule has 0 aliphatic carbocycles. The third kappa shape index (κ3) is 4.57. The van der Waals surface area contributed by atoms with Crippen LogP contribution in [0, 0.1) is 18.6 Å². The molecule has 3 rings (SSSR count). The van der Waals surface area contributed by atoms with Crippen molar-refractivity contribution < 1.29 is 23.4 Å². The molecule has 0 unspecified atom stereocenters. The van der Waals surface area contributed by atoms with Gasteiger partial charge in [-0.05, 0) is 45.9 Å². The van der Waals surface area contributed by atoms with E-state index in [2.05, 4.69) is 15.1 Å². The first kappa shape index (κ1) is 23.2. The molecule has 3 aromatic heterocycles. The Morgan fingerprint density at radius 1 is 1.22 bits per heavy atom. The maximum Gasteiger partial charge on any atom is 0.352 e. The zero-order valence-corrected chi connectivity index (χ0v) is 18.1. The summed E-state index contributed by atoms with van der Waals surface area (Å²) in [5.41, 5.74) is -0.477. The fraction of sp³-hybridized carbons (Fsp3) is 0.381. The van der Waals surface area contributed by atoms with E-state index in [1.165, 1.54) is 12.1 Å². The van der Waals surface area contributed by atoms with Gasteiger partial charge in [0.2, 0.25) is 5.88 Å². The average Bonchev–Trinajstić information content (AvgIpc) is 3.06. The average molecular weight is 447 g/mol. The van der Waals surface area contributed by atoms with Crippen molar-refractivity contribution in [3.63, 3.8) is 0 Å². The van der Waals surface area contributed by atoms with E-state index in [0.29, 0.717) is 10.4 Å². The number of hydrogen-bond acceptors (Lipinski definition) is 7. The number of aliphatic hydroxyl groups is 1. The number of carbonyl (C=O) groups excluding carboxylic acids is 1. The van der Waals surface area contributed by atoms with Gasteiger partial charge in [0.25, 0.3) is 0 Å². The summed E-state index contributed by atoms with van der Waals surface area (Å²) < 4.78 is 36.5. The summed E-state index contributed by atoms with van der Waals surface area (Å²) >= 11 is 0. The van der Waals surface area contributed by atoms with Gasteiger partial charge in [0.1, 0.15) is 12.4 Å². The molecule has 0 fully saturated rings. The quantitative estimate of drug-likeness (QED) is 0.527. The summed E-state index contributed by atoms with van der Waals surface area (Å²) in [6.45, 7) is 6.37. The Kier molecular flexibility index (Phi) is 6.78. The minimum Gasteiger partial charge on any atom is -0.474 e. The zero-order valence-electron chi connectivity index (χ0n) is 18.1. The summed E-state index contributed by atoms with van der Waals surface area (Å²) in [6, 6.07) is 3.56. The minimum absolute atomic E-state index is 0.0335. The smallest absolute Gasteiger partial charge is 0.352 e. The molecular weight excluding hydrogens is 424 g/mol. The first-order valence-corrected chi connectivity index (χ1v) is 9.98. The van der Waals surface area contributed by atoms with Crippen LogP contribution in [0.5, 0.6) is 5.88 Å². The third-order valence-corrected chi connectivity index (χ3v) is 4.55. The SMILES string of the molecule is CCn1c(CO)nn(-c2nc(OC(C)C)c(C(=O)Cc3nc(C)ccc3F)cc2F)c1=O. The predicted octanol–water partition coefficient (Wildman–Crippen LogP) is 2.14. The van der Waals surface area contributed by atoms with Gasteiger partial charge in [0.05, 0.1) is 23.8 Å². The number of ether oxygens (including phenoxy) is 1. The van der Waals surface area contributed by atoms with Crippen molar-refractivity contribution in [2.75, 3.05) is 0 Å². The van der Waals surface area contributed by atoms with Crippen molar-refractivity contribution in [3.8, 4) is 11.7 Å². The van der Waals surface area contributed by atoms with E-state index in [1.807, 2.05) is 0 Å². The van der Waals surface area contributed by atoms with Gasteiger partial charge >= 0.3 is 5.69 Å². The van der Waals surface area contributed by atoms with Crippen LogP contribution in [0.3, 0.4) is 0 Å². The van der Waals surface area contributed by atoms with Gasteiger partial charge in [-0.15, -0.1) is 5.10 Å². The third-order valence-electron chi connectivity index (χ3n) is 4.55. The van der Waals surface area contributed by atoms with Gasteiger partial charge in [-0.2, -0.15) is 9.67 Å². The fourth-order valence-electron chi connectivity index (χ4n) is 3.10. The predicted molar refractivity (Wildman–Crippen MR) is 110 cm³/mol. The van der Waals surface area contributed by atoms with Gasteiger partial charge in [-0.25, -0.2) is 13.6 Å². The second-order valence-corrected chi connectivity index (χ2v) is 7.31. The molecule has 11 heteroatoms. The first-order chi connectivity index (χ1) is 15.2. The highest BCUT2D eigenvalue weighted by Gasteiger charge is 2.24. The molecule has 3 aromatic rings. The molecule has 0 aliphatic rings. The number of aliphatic hydroxyl groups excluding tert-OH is 1. The Morgan fingerprint density at radius 3 is 2.53 bits per heavy atom. The van der Waals surface area contributed by atoms with Crippen LogP contribution in [0.15, 0.2) is 23.0 Å². The molecule has 0 atom stereocenters. The largest absolute Gasteiger partial charge is 0.474 e. The van der Waals surface area contributed by atoms with Crippen molar-refractivity contribution in [2.24, 2.45) is 0 Å². The van der Waals surface area contributed by atoms with Crippen LogP contribution in [0.4, 0.5) is 8.78 Å². The van der Waals surface area contributed by atoms with Crippen LogP contribution >= 0.6 is 0 Å². The fourth-order valence-corrected chi connectivity index (χ4v) is 3.10. The van der Waals surface area contributed by atoms with Gasteiger partial charge < -0.3 is 9.84 Å². The molecule has 0 aromatic carbocycles. The van der Waals surface area contributed by atoms with E-state index in [4.69, 9.17) is 4.74 Å². The first-order valence-electron chi connectivity index (χ1n) is 9.98. The highest BCUT2D eigenvalue weighted by Crippen LogP contribution is 2.24. The molecule has 3 heterocycles. The molecule has 0 saturated carbocycles. The van der Waals surface area contributed by atoms with E-state index >= 15 is 0 Å². The van der Waals surface area contributed by atoms with Crippen molar-refractivity contribution in [2.45, 2.75) is 53.4 Å². The minimum atomic E-state index is -1.01. The summed E-state index contributed by atoms with van der Waals surface area (Å²) in [6.07, 6.45) is -0.860. The van der Waals surface area contributed by atoms with Gasteiger partial charge in [0, 0.05) is 12.2 Å². The summed E-state index contributed by atoms with van der Waals surface area (Å²) in [5.74, 6) is -2.99. The molecule has 1 N–H and O–H groups in total. The summed E-state index contributed by atoms with van der Waals surface area (Å²) in [4.78, 5) is 33.5. The van der Waals surface area contributed by atoms with Crippen LogP contribution in [0.1, 0.15) is 48.3 Å². The standard InChI is InChI=1S/C21H23F2N5O4/c1-5-27-18(10-29)26-28(21(27)31)19-15(23)8-13(20(25-19)32-11(2)3)17(30)9-16-14(22)7-6-12(4)24-16/h6-8,11,29H,5,9-10H2,1-4H3. The van der Waals surface area contributed by atoms with Crippen molar-refractivity contribution in [3.05, 3.63) is 63.1 Å². The molecule has 0 amide bonds. The summed E-state index contributed by atoms with van der Waals surface area (Å²) in [7, 11) is 0. The number of Topliss-reactive ketones (excluding diaryl/α,β-unsaturated/α-hetero) is 1. The highest BCUT2D eigenvalue weighted by molar-refractivity contribution is 5.99. The second-order valence-electron chi connectivity index (χ2n) is 7.31. The van der Waals surface area contributed by atoms with Crippen LogP contribution in [0.2, 0.25) is 0 Å². The molecular formula is C21H23F2N5O4. The molecule has 32 heavy (non-hydrogen) atoms. The van der Waals surface area contributed by atoms with Crippen molar-refractivity contribution in [1.29, 1.82) is 0 Å². The highest BCUT2D eigenvalue weighted by atomic mass is 19.1. The maximum atomic E-state index is 15.0. The number of rotatable bonds is 8. The lowest BCUT2D eigenvalue weighted by Crippen LogP contribution is -2.26. The van der Waals surface area contributed by atoms with E-state index in [9.17, 15) is 23.5 Å². The van der Waals surface area contributed by atoms with Gasteiger partial charge in [0.15, 0.2) is 23.2 Å². The maximum absolute atomic E-state index is 15.0. The van der Waals surface area contributed by atoms with E-state index in [0.717, 1.165) is 10.6 Å². The Labute approximate surface area is 182 Å². The number of hydrogen-bond donors (Lipinski definition) is 1. The van der Waals surface area contributed by atoms with Crippen LogP contribution in [-0.2, 0) is 19.6 Å². The molecule has 9 nitrogen and oxygen atoms in total. The lowest BCUT2D eigenvalue weighted by atomic mass is 10.1. The molecule has 0 saturated heterocycles. The molecule has 0 radical (unpaired) electrons. The molecule has 0 spiro atoms. The lowest BCUT2D eigenvalue weighted by molar-refractivity contribution is 0.0983. The van der Waals surface area contributed by atoms with E-state index in [1.54, 1.807) is 27.7 Å². The van der Waals surface area contributed by atoms with Crippen LogP contribution < -0.4 is 10.4 Å². The molecule has 0 aliphatic heterocycles. The molecule has 0 bridgehead atoms. The van der Waals surface area contributed by atoms with Crippen molar-refractivity contribution in [1.82, 2.24) is 24.3 Å². The van der Waals surface area contributed by atoms with Crippen LogP contribution in [-0.4, -0.2) is 41.3 Å². The number of aromatic nitrogens is 5. The normalized spacial score (nSPS) is 11.2. The number of nitrogens with zero attached hydrogens (tertiary/aromatic N) is 5. The number of aryl methyl sites for hydroxylation is 1. The Bertz CT molecular complexity index is 1220. The number of ketones is 1. The summed E-state index contributed by atoms with van der Waals surface area (Å²) in [5, 5.41) is 13.3. The van der Waals surface area contributed by atoms with E-state index < -0.39 is 48.1 Å². The van der Waals surface area contributed by atoms with Crippen LogP contribution in [0.25, 0.3) is 5.82 Å². The monoisotopic (exact) mass is 447 g/mol. The Morgan fingerprint density at radius 2 is 1.94 bits per heavy atom. The Hall–Kier alpha value is -3.47. The van der Waals surface area contributed by atoms with Gasteiger partial charge in [-0.3, -0.25) is 14.3 Å². The number of halogens is 2. The topological polar surface area (TPSA) is 112 Å². The van der Waals surface area contributed by atoms with Gasteiger partial charge in [-0.1, -0.05) is 0 Å². The zero-order chi connectivity index (χ0) is 23.6. The van der Waals surface area contributed by atoms with Crippen molar-refractivity contribution >= 4 is 5.78 Å². The number of pyridine rings is 2. The van der Waals surface area contributed by atoms with E-state index in [-0.39, 0.29) is 29.5 Å². The number of carbonyl (C=O) groups is 1. The second kappa shape index (κ2) is 9.35. The lowest BCUT2D eigenvalue weighted by Gasteiger charge is -2.14. The Balaban J connectivity index is 2.10.